The Hall–Kier alpha value is -2.02. The number of allylic oxidation sites excluding steroid dienone is 1. The number of esters is 2. The zero-order valence-electron chi connectivity index (χ0n) is 18.2. The van der Waals surface area contributed by atoms with Crippen molar-refractivity contribution < 1.29 is 28.5 Å². The van der Waals surface area contributed by atoms with Crippen LogP contribution in [0.4, 0.5) is 0 Å². The molecule has 0 radical (unpaired) electrons. The molecule has 0 aromatic rings. The van der Waals surface area contributed by atoms with Crippen molar-refractivity contribution in [3.05, 3.63) is 22.9 Å². The predicted molar refractivity (Wildman–Crippen MR) is 107 cm³/mol. The summed E-state index contributed by atoms with van der Waals surface area (Å²) in [4.78, 5) is 26.7. The minimum Gasteiger partial charge on any atom is -0.492 e. The van der Waals surface area contributed by atoms with Gasteiger partial charge >= 0.3 is 11.9 Å². The van der Waals surface area contributed by atoms with Crippen molar-refractivity contribution in [1.82, 2.24) is 4.90 Å². The second kappa shape index (κ2) is 7.29. The standard InChI is InChI=1S/C23H31NO6/c1-11-10-17(29-22(11)25)14-7-8-15-18-12(2)20(28-16(18)6-5-9-24(14)15)21-19(27-4)13(3)23(26)30-21/h11-12,14-18H,5-10H2,1-4H3/b21-20-/t11-,12-,14-,15-,16+,17-,18+/m1/s1. The molecule has 7 atom stereocenters. The molecule has 0 aromatic heterocycles. The molecule has 5 aliphatic heterocycles. The summed E-state index contributed by atoms with van der Waals surface area (Å²) in [5, 5.41) is 0. The number of nitrogens with zero attached hydrogens (tertiary/aromatic N) is 1. The van der Waals surface area contributed by atoms with Crippen molar-refractivity contribution in [2.45, 2.75) is 77.2 Å². The summed E-state index contributed by atoms with van der Waals surface area (Å²) in [7, 11) is 1.56. The van der Waals surface area contributed by atoms with Crippen LogP contribution < -0.4 is 0 Å². The van der Waals surface area contributed by atoms with Crippen molar-refractivity contribution in [2.24, 2.45) is 17.8 Å². The van der Waals surface area contributed by atoms with Gasteiger partial charge in [-0.1, -0.05) is 13.8 Å². The molecule has 7 heteroatoms. The van der Waals surface area contributed by atoms with Crippen LogP contribution in [0.15, 0.2) is 22.9 Å². The highest BCUT2D eigenvalue weighted by Gasteiger charge is 2.54. The molecule has 5 aliphatic rings. The van der Waals surface area contributed by atoms with E-state index in [1.54, 1.807) is 14.0 Å². The van der Waals surface area contributed by atoms with Crippen LogP contribution in [0.5, 0.6) is 0 Å². The van der Waals surface area contributed by atoms with Crippen LogP contribution >= 0.6 is 0 Å². The van der Waals surface area contributed by atoms with Gasteiger partial charge < -0.3 is 18.9 Å². The number of fused-ring (bicyclic) bond motifs is 3. The topological polar surface area (TPSA) is 74.3 Å². The smallest absolute Gasteiger partial charge is 0.343 e. The van der Waals surface area contributed by atoms with Gasteiger partial charge in [-0.3, -0.25) is 9.69 Å². The zero-order chi connectivity index (χ0) is 21.2. The van der Waals surface area contributed by atoms with Crippen molar-refractivity contribution >= 4 is 11.9 Å². The van der Waals surface area contributed by atoms with Crippen molar-refractivity contribution in [2.75, 3.05) is 13.7 Å². The number of cyclic esters (lactones) is 2. The molecule has 0 aromatic carbocycles. The second-order valence-electron chi connectivity index (χ2n) is 9.47. The Morgan fingerprint density at radius 3 is 2.50 bits per heavy atom. The first-order valence-electron chi connectivity index (χ1n) is 11.2. The van der Waals surface area contributed by atoms with E-state index in [9.17, 15) is 9.59 Å². The maximum absolute atomic E-state index is 12.1. The average Bonchev–Trinajstić information content (AvgIpc) is 3.40. The molecule has 4 saturated heterocycles. The van der Waals surface area contributed by atoms with Gasteiger partial charge in [-0.2, -0.15) is 0 Å². The fraction of sp³-hybridized carbons (Fsp3) is 0.739. The molecule has 0 unspecified atom stereocenters. The van der Waals surface area contributed by atoms with Gasteiger partial charge in [-0.15, -0.1) is 0 Å². The number of ether oxygens (including phenoxy) is 4. The lowest BCUT2D eigenvalue weighted by atomic mass is 9.82. The van der Waals surface area contributed by atoms with Crippen LogP contribution in [-0.4, -0.2) is 54.8 Å². The third-order valence-electron chi connectivity index (χ3n) is 7.82. The fourth-order valence-corrected chi connectivity index (χ4v) is 6.36. The van der Waals surface area contributed by atoms with Crippen molar-refractivity contribution in [3.8, 4) is 0 Å². The first kappa shape index (κ1) is 19.9. The molecular weight excluding hydrogens is 386 g/mol. The van der Waals surface area contributed by atoms with E-state index in [2.05, 4.69) is 11.8 Å². The molecule has 5 rings (SSSR count). The number of carbonyl (C=O) groups excluding carboxylic acids is 2. The van der Waals surface area contributed by atoms with Gasteiger partial charge in [0.25, 0.3) is 0 Å². The fourth-order valence-electron chi connectivity index (χ4n) is 6.36. The number of methoxy groups -OCH3 is 1. The monoisotopic (exact) mass is 417 g/mol. The maximum atomic E-state index is 12.1. The molecule has 0 amide bonds. The van der Waals surface area contributed by atoms with E-state index in [4.69, 9.17) is 18.9 Å². The Balaban J connectivity index is 1.42. The van der Waals surface area contributed by atoms with Gasteiger partial charge in [0.15, 0.2) is 5.76 Å². The van der Waals surface area contributed by atoms with Crippen LogP contribution in [0.3, 0.4) is 0 Å². The third-order valence-corrected chi connectivity index (χ3v) is 7.82. The highest BCUT2D eigenvalue weighted by Crippen LogP contribution is 2.50. The average molecular weight is 418 g/mol. The predicted octanol–water partition coefficient (Wildman–Crippen LogP) is 2.90. The molecule has 5 heterocycles. The van der Waals surface area contributed by atoms with E-state index in [0.29, 0.717) is 35.1 Å². The number of hydrogen-bond donors (Lipinski definition) is 0. The van der Waals surface area contributed by atoms with Gasteiger partial charge in [0, 0.05) is 23.9 Å². The Bertz CT molecular complexity index is 832. The van der Waals surface area contributed by atoms with Gasteiger partial charge in [0.1, 0.15) is 18.0 Å². The van der Waals surface area contributed by atoms with Crippen LogP contribution in [0.2, 0.25) is 0 Å². The number of hydrogen-bond acceptors (Lipinski definition) is 7. The van der Waals surface area contributed by atoms with E-state index in [1.807, 2.05) is 6.92 Å². The Morgan fingerprint density at radius 1 is 1.03 bits per heavy atom. The van der Waals surface area contributed by atoms with E-state index < -0.39 is 0 Å². The molecule has 7 nitrogen and oxygen atoms in total. The summed E-state index contributed by atoms with van der Waals surface area (Å²) in [5.41, 5.74) is 0.489. The first-order chi connectivity index (χ1) is 14.4. The molecule has 164 valence electrons. The van der Waals surface area contributed by atoms with Gasteiger partial charge in [0.05, 0.1) is 18.6 Å². The van der Waals surface area contributed by atoms with Crippen LogP contribution in [0.1, 0.15) is 52.9 Å². The minimum atomic E-state index is -0.364. The molecular formula is C23H31NO6. The summed E-state index contributed by atoms with van der Waals surface area (Å²) < 4.78 is 23.2. The number of rotatable bonds is 2. The van der Waals surface area contributed by atoms with Crippen molar-refractivity contribution in [1.29, 1.82) is 0 Å². The lowest BCUT2D eigenvalue weighted by molar-refractivity contribution is -0.146. The lowest BCUT2D eigenvalue weighted by Crippen LogP contribution is -2.46. The molecule has 0 N–H and O–H groups in total. The summed E-state index contributed by atoms with van der Waals surface area (Å²) in [6.07, 6.45) is 5.09. The molecule has 30 heavy (non-hydrogen) atoms. The summed E-state index contributed by atoms with van der Waals surface area (Å²) >= 11 is 0. The van der Waals surface area contributed by atoms with Gasteiger partial charge in [0.2, 0.25) is 5.76 Å². The van der Waals surface area contributed by atoms with Crippen LogP contribution in [0.25, 0.3) is 0 Å². The Kier molecular flexibility index (Phi) is 4.84. The lowest BCUT2D eigenvalue weighted by Gasteiger charge is -2.35. The van der Waals surface area contributed by atoms with Gasteiger partial charge in [-0.25, -0.2) is 4.79 Å². The minimum absolute atomic E-state index is 0.00149. The van der Waals surface area contributed by atoms with E-state index in [-0.39, 0.29) is 36.0 Å². The molecule has 4 fully saturated rings. The van der Waals surface area contributed by atoms with Crippen LogP contribution in [0, 0.1) is 17.8 Å². The Morgan fingerprint density at radius 2 is 1.80 bits per heavy atom. The largest absolute Gasteiger partial charge is 0.492 e. The van der Waals surface area contributed by atoms with Gasteiger partial charge in [-0.05, 0) is 45.6 Å². The SMILES string of the molecule is COC1=C(C)C(=O)O/C1=C1\O[C@H]2CCCN3[C@H](CC[C@@H]3[C@H]3C[C@@H](C)C(=O)O3)[C@@H]2[C@H]1C. The summed E-state index contributed by atoms with van der Waals surface area (Å²) in [5.74, 6) is 1.73. The molecule has 0 spiro atoms. The molecule has 0 bridgehead atoms. The third kappa shape index (κ3) is 2.88. The summed E-state index contributed by atoms with van der Waals surface area (Å²) in [6, 6.07) is 0.686. The normalized spacial score (nSPS) is 43.8. The van der Waals surface area contributed by atoms with E-state index in [1.165, 1.54) is 0 Å². The second-order valence-corrected chi connectivity index (χ2v) is 9.47. The molecule has 0 saturated carbocycles. The van der Waals surface area contributed by atoms with Crippen molar-refractivity contribution in [3.63, 3.8) is 0 Å². The molecule has 0 aliphatic carbocycles. The van der Waals surface area contributed by atoms with Crippen LogP contribution in [-0.2, 0) is 28.5 Å². The zero-order valence-corrected chi connectivity index (χ0v) is 18.2. The Labute approximate surface area is 177 Å². The highest BCUT2D eigenvalue weighted by molar-refractivity contribution is 5.93. The highest BCUT2D eigenvalue weighted by atomic mass is 16.6. The number of carbonyl (C=O) groups is 2. The quantitative estimate of drug-likeness (QED) is 0.640. The van der Waals surface area contributed by atoms with E-state index >= 15 is 0 Å². The van der Waals surface area contributed by atoms with E-state index in [0.717, 1.165) is 44.4 Å². The summed E-state index contributed by atoms with van der Waals surface area (Å²) in [6.45, 7) is 6.88. The first-order valence-corrected chi connectivity index (χ1v) is 11.2. The maximum Gasteiger partial charge on any atom is 0.343 e.